The van der Waals surface area contributed by atoms with E-state index >= 15 is 0 Å². The first kappa shape index (κ1) is 14.0. The van der Waals surface area contributed by atoms with Crippen LogP contribution in [0.4, 0.5) is 0 Å². The highest BCUT2D eigenvalue weighted by atomic mass is 16.5. The van der Waals surface area contributed by atoms with Crippen molar-refractivity contribution in [1.29, 1.82) is 0 Å². The summed E-state index contributed by atoms with van der Waals surface area (Å²) >= 11 is 0. The monoisotopic (exact) mass is 228 g/mol. The molecule has 0 aromatic rings. The van der Waals surface area contributed by atoms with Gasteiger partial charge in [0.2, 0.25) is 0 Å². The molecular weight excluding hydrogens is 200 g/mol. The predicted molar refractivity (Wildman–Crippen MR) is 67.7 cm³/mol. The molecule has 1 aliphatic rings. The summed E-state index contributed by atoms with van der Waals surface area (Å²) in [6.07, 6.45) is 9.07. The average Bonchev–Trinajstić information content (AvgIpc) is 2.25. The van der Waals surface area contributed by atoms with Crippen LogP contribution in [0.2, 0.25) is 0 Å². The van der Waals surface area contributed by atoms with Crippen LogP contribution in [0.15, 0.2) is 0 Å². The topological polar surface area (TPSA) is 18.5 Å². The lowest BCUT2D eigenvalue weighted by molar-refractivity contribution is -0.0151. The first-order valence-electron chi connectivity index (χ1n) is 6.91. The van der Waals surface area contributed by atoms with Gasteiger partial charge in [-0.25, -0.2) is 0 Å². The van der Waals surface area contributed by atoms with Crippen LogP contribution in [0.25, 0.3) is 0 Å². The molecule has 0 saturated heterocycles. The summed E-state index contributed by atoms with van der Waals surface area (Å²) in [6.45, 7) is 7.79. The van der Waals surface area contributed by atoms with Gasteiger partial charge in [0.05, 0.1) is 25.4 Å². The largest absolute Gasteiger partial charge is 0.376 e. The molecule has 0 aromatic heterocycles. The van der Waals surface area contributed by atoms with Crippen molar-refractivity contribution in [2.75, 3.05) is 13.2 Å². The fourth-order valence-electron chi connectivity index (χ4n) is 2.49. The molecule has 1 atom stereocenters. The lowest BCUT2D eigenvalue weighted by atomic mass is 9.86. The van der Waals surface area contributed by atoms with E-state index in [2.05, 4.69) is 20.8 Å². The molecule has 1 aliphatic carbocycles. The van der Waals surface area contributed by atoms with Crippen LogP contribution in [0.1, 0.15) is 59.3 Å². The molecule has 0 amide bonds. The third kappa shape index (κ3) is 6.49. The van der Waals surface area contributed by atoms with Gasteiger partial charge in [-0.3, -0.25) is 0 Å². The van der Waals surface area contributed by atoms with Crippen LogP contribution in [0, 0.1) is 5.92 Å². The van der Waals surface area contributed by atoms with E-state index in [0.717, 1.165) is 19.1 Å². The molecule has 0 heterocycles. The van der Waals surface area contributed by atoms with Crippen LogP contribution in [-0.2, 0) is 9.47 Å². The Hall–Kier alpha value is -0.0800. The van der Waals surface area contributed by atoms with E-state index in [1.54, 1.807) is 0 Å². The predicted octanol–water partition coefficient (Wildman–Crippen LogP) is 3.79. The van der Waals surface area contributed by atoms with E-state index in [4.69, 9.17) is 9.47 Å². The maximum absolute atomic E-state index is 5.77. The summed E-state index contributed by atoms with van der Waals surface area (Å²) in [5, 5.41) is 0. The van der Waals surface area contributed by atoms with Crippen molar-refractivity contribution in [2.24, 2.45) is 5.92 Å². The summed E-state index contributed by atoms with van der Waals surface area (Å²) in [6, 6.07) is 0. The van der Waals surface area contributed by atoms with E-state index in [1.807, 2.05) is 0 Å². The zero-order valence-electron chi connectivity index (χ0n) is 11.2. The van der Waals surface area contributed by atoms with Gasteiger partial charge in [0.25, 0.3) is 0 Å². The van der Waals surface area contributed by atoms with Crippen molar-refractivity contribution in [2.45, 2.75) is 71.5 Å². The summed E-state index contributed by atoms with van der Waals surface area (Å²) in [5.74, 6) is 0.912. The molecule has 96 valence electrons. The molecule has 16 heavy (non-hydrogen) atoms. The third-order valence-corrected chi connectivity index (χ3v) is 3.33. The number of hydrogen-bond donors (Lipinski definition) is 0. The fraction of sp³-hybridized carbons (Fsp3) is 1.00. The molecular formula is C14H28O2. The second kappa shape index (κ2) is 8.08. The third-order valence-electron chi connectivity index (χ3n) is 3.33. The Balaban J connectivity index is 1.99. The Morgan fingerprint density at radius 2 is 1.56 bits per heavy atom. The van der Waals surface area contributed by atoms with Crippen molar-refractivity contribution >= 4 is 0 Å². The van der Waals surface area contributed by atoms with Gasteiger partial charge in [0, 0.05) is 0 Å². The molecule has 0 aromatic carbocycles. The molecule has 1 unspecified atom stereocenters. The quantitative estimate of drug-likeness (QED) is 0.617. The summed E-state index contributed by atoms with van der Waals surface area (Å²) in [7, 11) is 0. The second-order valence-corrected chi connectivity index (χ2v) is 5.34. The fourth-order valence-corrected chi connectivity index (χ4v) is 2.49. The Kier molecular flexibility index (Phi) is 7.06. The molecule has 0 spiro atoms. The van der Waals surface area contributed by atoms with Crippen molar-refractivity contribution in [3.05, 3.63) is 0 Å². The van der Waals surface area contributed by atoms with Gasteiger partial charge in [-0.05, 0) is 33.1 Å². The van der Waals surface area contributed by atoms with Crippen LogP contribution >= 0.6 is 0 Å². The zero-order valence-corrected chi connectivity index (χ0v) is 11.2. The molecule has 1 saturated carbocycles. The van der Waals surface area contributed by atoms with Gasteiger partial charge in [0.15, 0.2) is 0 Å². The average molecular weight is 228 g/mol. The van der Waals surface area contributed by atoms with Crippen LogP contribution < -0.4 is 0 Å². The zero-order chi connectivity index (χ0) is 11.8. The summed E-state index contributed by atoms with van der Waals surface area (Å²) < 4.78 is 11.2. The Morgan fingerprint density at radius 1 is 0.938 bits per heavy atom. The minimum atomic E-state index is 0.317. The number of rotatable bonds is 7. The van der Waals surface area contributed by atoms with E-state index in [9.17, 15) is 0 Å². The lowest BCUT2D eigenvalue weighted by Gasteiger charge is -2.24. The van der Waals surface area contributed by atoms with Crippen molar-refractivity contribution in [1.82, 2.24) is 0 Å². The maximum Gasteiger partial charge on any atom is 0.0704 e. The van der Waals surface area contributed by atoms with E-state index in [-0.39, 0.29) is 0 Å². The van der Waals surface area contributed by atoms with Gasteiger partial charge in [-0.1, -0.05) is 32.1 Å². The van der Waals surface area contributed by atoms with E-state index in [0.29, 0.717) is 12.2 Å². The normalized spacial score (nSPS) is 20.2. The Labute approximate surface area is 101 Å². The first-order valence-corrected chi connectivity index (χ1v) is 6.91. The smallest absolute Gasteiger partial charge is 0.0704 e. The van der Waals surface area contributed by atoms with Gasteiger partial charge in [-0.15, -0.1) is 0 Å². The number of hydrogen-bond acceptors (Lipinski definition) is 2. The van der Waals surface area contributed by atoms with Crippen molar-refractivity contribution in [3.8, 4) is 0 Å². The van der Waals surface area contributed by atoms with Crippen molar-refractivity contribution < 1.29 is 9.47 Å². The highest BCUT2D eigenvalue weighted by molar-refractivity contribution is 4.68. The van der Waals surface area contributed by atoms with Crippen LogP contribution in [0.3, 0.4) is 0 Å². The molecule has 1 fully saturated rings. The molecule has 2 heteroatoms. The Morgan fingerprint density at radius 3 is 2.19 bits per heavy atom. The van der Waals surface area contributed by atoms with Crippen molar-refractivity contribution in [3.63, 3.8) is 0 Å². The first-order chi connectivity index (χ1) is 7.68. The second-order valence-electron chi connectivity index (χ2n) is 5.34. The Bertz CT molecular complexity index is 162. The maximum atomic E-state index is 5.77. The van der Waals surface area contributed by atoms with Gasteiger partial charge >= 0.3 is 0 Å². The minimum Gasteiger partial charge on any atom is -0.376 e. The highest BCUT2D eigenvalue weighted by Crippen LogP contribution is 2.27. The molecule has 0 bridgehead atoms. The highest BCUT2D eigenvalue weighted by Gasteiger charge is 2.16. The lowest BCUT2D eigenvalue weighted by Crippen LogP contribution is -2.19. The standard InChI is InChI=1S/C14H28O2/c1-12(2)15-9-10-16-13(3)11-14-7-5-4-6-8-14/h12-14H,4-11H2,1-3H3. The summed E-state index contributed by atoms with van der Waals surface area (Å²) in [4.78, 5) is 0. The van der Waals surface area contributed by atoms with Gasteiger partial charge < -0.3 is 9.47 Å². The summed E-state index contributed by atoms with van der Waals surface area (Å²) in [5.41, 5.74) is 0. The van der Waals surface area contributed by atoms with E-state index in [1.165, 1.54) is 38.5 Å². The molecule has 0 radical (unpaired) electrons. The molecule has 0 aliphatic heterocycles. The van der Waals surface area contributed by atoms with Crippen LogP contribution in [0.5, 0.6) is 0 Å². The molecule has 2 nitrogen and oxygen atoms in total. The molecule has 0 N–H and O–H groups in total. The minimum absolute atomic E-state index is 0.317. The van der Waals surface area contributed by atoms with Gasteiger partial charge in [-0.2, -0.15) is 0 Å². The molecule has 1 rings (SSSR count). The number of ether oxygens (including phenoxy) is 2. The van der Waals surface area contributed by atoms with Gasteiger partial charge in [0.1, 0.15) is 0 Å². The SMILES string of the molecule is CC(C)OCCOC(C)CC1CCCCC1. The van der Waals surface area contributed by atoms with Crippen LogP contribution in [-0.4, -0.2) is 25.4 Å². The van der Waals surface area contributed by atoms with E-state index < -0.39 is 0 Å².